The van der Waals surface area contributed by atoms with Crippen LogP contribution in [0.1, 0.15) is 5.69 Å². The van der Waals surface area contributed by atoms with Crippen molar-refractivity contribution in [2.24, 2.45) is 0 Å². The van der Waals surface area contributed by atoms with Gasteiger partial charge in [-0.25, -0.2) is 4.39 Å². The Morgan fingerprint density at radius 1 is 1.13 bits per heavy atom. The number of hydrogen-bond donors (Lipinski definition) is 0. The summed E-state index contributed by atoms with van der Waals surface area (Å²) in [5, 5.41) is 7.64. The van der Waals surface area contributed by atoms with Crippen LogP contribution in [0.2, 0.25) is 0 Å². The van der Waals surface area contributed by atoms with Gasteiger partial charge in [-0.05, 0) is 25.1 Å². The van der Waals surface area contributed by atoms with Crippen molar-refractivity contribution in [3.63, 3.8) is 0 Å². The molecule has 0 atom stereocenters. The van der Waals surface area contributed by atoms with Crippen LogP contribution in [0.25, 0.3) is 0 Å². The molecule has 0 bridgehead atoms. The third kappa shape index (κ3) is 2.49. The Hall–Kier alpha value is -1.97. The number of benzene rings is 1. The van der Waals surface area contributed by atoms with Crippen LogP contribution in [0.15, 0.2) is 36.4 Å². The quantitative estimate of drug-likeness (QED) is 0.754. The second-order valence-corrected chi connectivity index (χ2v) is 3.07. The van der Waals surface area contributed by atoms with E-state index in [9.17, 15) is 4.39 Å². The Morgan fingerprint density at radius 2 is 2.00 bits per heavy atom. The third-order valence-electron chi connectivity index (χ3n) is 1.79. The Kier molecular flexibility index (Phi) is 2.58. The first-order valence-electron chi connectivity index (χ1n) is 4.48. The lowest BCUT2D eigenvalue weighted by atomic mass is 10.3. The van der Waals surface area contributed by atoms with E-state index in [1.807, 2.05) is 6.92 Å². The van der Waals surface area contributed by atoms with E-state index in [-0.39, 0.29) is 5.82 Å². The van der Waals surface area contributed by atoms with Gasteiger partial charge in [0, 0.05) is 12.1 Å². The molecule has 0 saturated carbocycles. The van der Waals surface area contributed by atoms with Gasteiger partial charge >= 0.3 is 0 Å². The zero-order valence-corrected chi connectivity index (χ0v) is 8.14. The summed E-state index contributed by atoms with van der Waals surface area (Å²) in [6.45, 7) is 1.83. The average molecular weight is 204 g/mol. The minimum Gasteiger partial charge on any atom is -0.437 e. The van der Waals surface area contributed by atoms with Gasteiger partial charge in [-0.3, -0.25) is 0 Å². The van der Waals surface area contributed by atoms with Crippen LogP contribution in [-0.4, -0.2) is 10.2 Å². The van der Waals surface area contributed by atoms with Crippen molar-refractivity contribution < 1.29 is 9.13 Å². The minimum absolute atomic E-state index is 0.340. The highest BCUT2D eigenvalue weighted by atomic mass is 19.1. The normalized spacial score (nSPS) is 10.0. The molecule has 0 unspecified atom stereocenters. The molecule has 1 heterocycles. The molecule has 15 heavy (non-hydrogen) atoms. The lowest BCUT2D eigenvalue weighted by Crippen LogP contribution is -1.91. The Balaban J connectivity index is 2.18. The number of rotatable bonds is 2. The van der Waals surface area contributed by atoms with Crippen molar-refractivity contribution >= 4 is 0 Å². The van der Waals surface area contributed by atoms with E-state index in [1.165, 1.54) is 12.1 Å². The van der Waals surface area contributed by atoms with Crippen LogP contribution in [0.4, 0.5) is 4.39 Å². The zero-order chi connectivity index (χ0) is 10.7. The molecular weight excluding hydrogens is 195 g/mol. The van der Waals surface area contributed by atoms with Gasteiger partial charge in [-0.1, -0.05) is 6.07 Å². The lowest BCUT2D eigenvalue weighted by Gasteiger charge is -2.03. The molecule has 0 aliphatic carbocycles. The van der Waals surface area contributed by atoms with Crippen molar-refractivity contribution in [1.29, 1.82) is 0 Å². The fourth-order valence-corrected chi connectivity index (χ4v) is 1.09. The molecule has 0 radical (unpaired) electrons. The first kappa shape index (κ1) is 9.58. The molecule has 0 aliphatic rings. The molecule has 0 spiro atoms. The highest BCUT2D eigenvalue weighted by Gasteiger charge is 1.99. The highest BCUT2D eigenvalue weighted by Crippen LogP contribution is 2.18. The van der Waals surface area contributed by atoms with E-state index in [0.717, 1.165) is 5.69 Å². The fraction of sp³-hybridized carbons (Fsp3) is 0.0909. The van der Waals surface area contributed by atoms with Crippen LogP contribution < -0.4 is 4.74 Å². The summed E-state index contributed by atoms with van der Waals surface area (Å²) in [7, 11) is 0. The zero-order valence-electron chi connectivity index (χ0n) is 8.14. The van der Waals surface area contributed by atoms with Crippen LogP contribution in [0, 0.1) is 12.7 Å². The van der Waals surface area contributed by atoms with Crippen molar-refractivity contribution in [2.75, 3.05) is 0 Å². The summed E-state index contributed by atoms with van der Waals surface area (Å²) in [4.78, 5) is 0. The maximum absolute atomic E-state index is 12.8. The van der Waals surface area contributed by atoms with Crippen LogP contribution in [0.5, 0.6) is 11.6 Å². The average Bonchev–Trinajstić information content (AvgIpc) is 2.22. The SMILES string of the molecule is Cc1ccc(Oc2cccc(F)c2)nn1. The molecule has 1 aromatic carbocycles. The van der Waals surface area contributed by atoms with Crippen molar-refractivity contribution in [3.8, 4) is 11.6 Å². The number of ether oxygens (including phenoxy) is 1. The fourth-order valence-electron chi connectivity index (χ4n) is 1.09. The van der Waals surface area contributed by atoms with Crippen LogP contribution in [-0.2, 0) is 0 Å². The van der Waals surface area contributed by atoms with Gasteiger partial charge in [0.1, 0.15) is 11.6 Å². The summed E-state index contributed by atoms with van der Waals surface area (Å²) < 4.78 is 18.1. The number of nitrogens with zero attached hydrogens (tertiary/aromatic N) is 2. The smallest absolute Gasteiger partial charge is 0.238 e. The van der Waals surface area contributed by atoms with Gasteiger partial charge in [0.2, 0.25) is 5.88 Å². The summed E-state index contributed by atoms with van der Waals surface area (Å²) in [5.74, 6) is 0.423. The summed E-state index contributed by atoms with van der Waals surface area (Å²) in [6, 6.07) is 9.35. The Morgan fingerprint density at radius 3 is 2.67 bits per heavy atom. The first-order valence-corrected chi connectivity index (χ1v) is 4.48. The standard InChI is InChI=1S/C11H9FN2O/c1-8-5-6-11(14-13-8)15-10-4-2-3-9(12)7-10/h2-7H,1H3. The van der Waals surface area contributed by atoms with Gasteiger partial charge in [0.05, 0.1) is 5.69 Å². The van der Waals surface area contributed by atoms with E-state index in [4.69, 9.17) is 4.74 Å². The molecule has 0 N–H and O–H groups in total. The second-order valence-electron chi connectivity index (χ2n) is 3.07. The predicted molar refractivity (Wildman–Crippen MR) is 53.2 cm³/mol. The van der Waals surface area contributed by atoms with E-state index in [2.05, 4.69) is 10.2 Å². The van der Waals surface area contributed by atoms with Crippen molar-refractivity contribution in [3.05, 3.63) is 47.9 Å². The van der Waals surface area contributed by atoms with E-state index >= 15 is 0 Å². The topological polar surface area (TPSA) is 35.0 Å². The van der Waals surface area contributed by atoms with E-state index in [0.29, 0.717) is 11.6 Å². The van der Waals surface area contributed by atoms with Crippen molar-refractivity contribution in [1.82, 2.24) is 10.2 Å². The maximum Gasteiger partial charge on any atom is 0.238 e. The first-order chi connectivity index (χ1) is 7.24. The summed E-state index contributed by atoms with van der Waals surface area (Å²) >= 11 is 0. The van der Waals surface area contributed by atoms with E-state index in [1.54, 1.807) is 24.3 Å². The van der Waals surface area contributed by atoms with Gasteiger partial charge in [-0.15, -0.1) is 5.10 Å². The molecule has 0 fully saturated rings. The van der Waals surface area contributed by atoms with Crippen molar-refractivity contribution in [2.45, 2.75) is 6.92 Å². The molecule has 2 aromatic rings. The summed E-state index contributed by atoms with van der Waals surface area (Å²) in [5.41, 5.74) is 0.807. The predicted octanol–water partition coefficient (Wildman–Crippen LogP) is 2.72. The molecule has 0 aliphatic heterocycles. The molecule has 2 rings (SSSR count). The van der Waals surface area contributed by atoms with Gasteiger partial charge in [0.15, 0.2) is 0 Å². The summed E-state index contributed by atoms with van der Waals surface area (Å²) in [6.07, 6.45) is 0. The lowest BCUT2D eigenvalue weighted by molar-refractivity contribution is 0.450. The van der Waals surface area contributed by atoms with Crippen LogP contribution in [0.3, 0.4) is 0 Å². The molecule has 1 aromatic heterocycles. The number of aromatic nitrogens is 2. The van der Waals surface area contributed by atoms with Gasteiger partial charge in [0.25, 0.3) is 0 Å². The molecular formula is C11H9FN2O. The number of hydrogen-bond acceptors (Lipinski definition) is 3. The van der Waals surface area contributed by atoms with Crippen LogP contribution >= 0.6 is 0 Å². The van der Waals surface area contributed by atoms with Gasteiger partial charge in [-0.2, -0.15) is 5.10 Å². The van der Waals surface area contributed by atoms with E-state index < -0.39 is 0 Å². The molecule has 0 saturated heterocycles. The Bertz CT molecular complexity index is 456. The largest absolute Gasteiger partial charge is 0.437 e. The monoisotopic (exact) mass is 204 g/mol. The second kappa shape index (κ2) is 4.04. The van der Waals surface area contributed by atoms with Gasteiger partial charge < -0.3 is 4.74 Å². The molecule has 0 amide bonds. The number of aryl methyl sites for hydroxylation is 1. The maximum atomic E-state index is 12.8. The third-order valence-corrected chi connectivity index (χ3v) is 1.79. The number of halogens is 1. The highest BCUT2D eigenvalue weighted by molar-refractivity contribution is 5.26. The minimum atomic E-state index is -0.340. The molecule has 3 nitrogen and oxygen atoms in total. The molecule has 4 heteroatoms. The Labute approximate surface area is 86.5 Å². The molecule has 76 valence electrons.